The standard InChI is InChI=1S/C25H31N3O4/c1-26-12-14-27(15-13-26)22-8-9-23(31-2)20-10-11-28(17-21(20)22)24(29)16-18-4-6-19(7-5-18)25(30)32-3/h4-9H,10-17H2,1-3H3. The van der Waals surface area contributed by atoms with Crippen molar-refractivity contribution in [1.82, 2.24) is 9.80 Å². The Bertz CT molecular complexity index is 981. The maximum absolute atomic E-state index is 13.1. The van der Waals surface area contributed by atoms with E-state index in [2.05, 4.69) is 29.0 Å². The van der Waals surface area contributed by atoms with Crippen LogP contribution in [-0.2, 0) is 28.9 Å². The van der Waals surface area contributed by atoms with E-state index in [-0.39, 0.29) is 11.9 Å². The Labute approximate surface area is 189 Å². The lowest BCUT2D eigenvalue weighted by Gasteiger charge is -2.38. The van der Waals surface area contributed by atoms with Crippen molar-refractivity contribution in [1.29, 1.82) is 0 Å². The molecule has 4 rings (SSSR count). The molecule has 2 aromatic rings. The minimum Gasteiger partial charge on any atom is -0.496 e. The summed E-state index contributed by atoms with van der Waals surface area (Å²) < 4.78 is 10.4. The van der Waals surface area contributed by atoms with E-state index in [0.29, 0.717) is 25.1 Å². The number of fused-ring (bicyclic) bond motifs is 1. The molecule has 170 valence electrons. The number of likely N-dealkylation sites (N-methyl/N-ethyl adjacent to an activating group) is 1. The molecule has 1 saturated heterocycles. The summed E-state index contributed by atoms with van der Waals surface area (Å²) in [5, 5.41) is 0. The number of methoxy groups -OCH3 is 2. The molecule has 1 fully saturated rings. The lowest BCUT2D eigenvalue weighted by atomic mass is 9.95. The number of hydrogen-bond acceptors (Lipinski definition) is 6. The summed E-state index contributed by atoms with van der Waals surface area (Å²) in [5.41, 5.74) is 5.01. The Morgan fingerprint density at radius 3 is 2.28 bits per heavy atom. The minimum absolute atomic E-state index is 0.0913. The van der Waals surface area contributed by atoms with Crippen LogP contribution in [0, 0.1) is 0 Å². The van der Waals surface area contributed by atoms with Crippen molar-refractivity contribution in [2.75, 3.05) is 58.9 Å². The van der Waals surface area contributed by atoms with Gasteiger partial charge in [0.05, 0.1) is 26.2 Å². The highest BCUT2D eigenvalue weighted by atomic mass is 16.5. The van der Waals surface area contributed by atoms with Gasteiger partial charge < -0.3 is 24.2 Å². The van der Waals surface area contributed by atoms with Gasteiger partial charge >= 0.3 is 5.97 Å². The molecule has 0 radical (unpaired) electrons. The van der Waals surface area contributed by atoms with Gasteiger partial charge in [-0.2, -0.15) is 0 Å². The Morgan fingerprint density at radius 2 is 1.62 bits per heavy atom. The first-order valence-corrected chi connectivity index (χ1v) is 11.1. The highest BCUT2D eigenvalue weighted by Crippen LogP contribution is 2.36. The number of esters is 1. The Morgan fingerprint density at radius 1 is 0.906 bits per heavy atom. The summed E-state index contributed by atoms with van der Waals surface area (Å²) in [4.78, 5) is 31.5. The lowest BCUT2D eigenvalue weighted by Crippen LogP contribution is -2.45. The fraction of sp³-hybridized carbons (Fsp3) is 0.440. The third-order valence-corrected chi connectivity index (χ3v) is 6.49. The fourth-order valence-electron chi connectivity index (χ4n) is 4.54. The smallest absolute Gasteiger partial charge is 0.337 e. The zero-order chi connectivity index (χ0) is 22.7. The van der Waals surface area contributed by atoms with Crippen molar-refractivity contribution >= 4 is 17.6 Å². The number of piperazine rings is 1. The monoisotopic (exact) mass is 437 g/mol. The molecule has 0 atom stereocenters. The van der Waals surface area contributed by atoms with Crippen LogP contribution in [0.1, 0.15) is 27.0 Å². The first-order chi connectivity index (χ1) is 15.5. The van der Waals surface area contributed by atoms with Crippen LogP contribution in [0.2, 0.25) is 0 Å². The number of carbonyl (C=O) groups excluding carboxylic acids is 2. The molecule has 0 N–H and O–H groups in total. The molecule has 2 heterocycles. The normalized spacial score (nSPS) is 16.5. The van der Waals surface area contributed by atoms with Crippen LogP contribution < -0.4 is 9.64 Å². The predicted molar refractivity (Wildman–Crippen MR) is 123 cm³/mol. The van der Waals surface area contributed by atoms with Gasteiger partial charge in [-0.05, 0) is 43.3 Å². The van der Waals surface area contributed by atoms with E-state index in [0.717, 1.165) is 43.9 Å². The van der Waals surface area contributed by atoms with Crippen molar-refractivity contribution in [3.63, 3.8) is 0 Å². The highest BCUT2D eigenvalue weighted by Gasteiger charge is 2.28. The van der Waals surface area contributed by atoms with Gasteiger partial charge in [0.15, 0.2) is 0 Å². The van der Waals surface area contributed by atoms with Crippen LogP contribution in [0.5, 0.6) is 5.75 Å². The quantitative estimate of drug-likeness (QED) is 0.670. The third-order valence-electron chi connectivity index (χ3n) is 6.49. The second kappa shape index (κ2) is 9.61. The van der Waals surface area contributed by atoms with Gasteiger partial charge in [0, 0.05) is 56.1 Å². The molecular formula is C25H31N3O4. The van der Waals surface area contributed by atoms with E-state index in [1.165, 1.54) is 23.9 Å². The van der Waals surface area contributed by atoms with E-state index >= 15 is 0 Å². The minimum atomic E-state index is -0.374. The molecule has 1 amide bonds. The van der Waals surface area contributed by atoms with Gasteiger partial charge in [0.1, 0.15) is 5.75 Å². The predicted octanol–water partition coefficient (Wildman–Crippen LogP) is 2.36. The van der Waals surface area contributed by atoms with Crippen LogP contribution in [0.25, 0.3) is 0 Å². The molecule has 0 spiro atoms. The van der Waals surface area contributed by atoms with Gasteiger partial charge in [-0.1, -0.05) is 12.1 Å². The van der Waals surface area contributed by atoms with Gasteiger partial charge in [-0.25, -0.2) is 4.79 Å². The maximum atomic E-state index is 13.1. The molecule has 7 nitrogen and oxygen atoms in total. The van der Waals surface area contributed by atoms with E-state index in [1.54, 1.807) is 19.2 Å². The third kappa shape index (κ3) is 4.58. The number of ether oxygens (including phenoxy) is 2. The van der Waals surface area contributed by atoms with Gasteiger partial charge in [-0.15, -0.1) is 0 Å². The Balaban J connectivity index is 1.51. The molecule has 7 heteroatoms. The maximum Gasteiger partial charge on any atom is 0.337 e. The Hall–Kier alpha value is -3.06. The number of benzene rings is 2. The first kappa shape index (κ1) is 22.1. The van der Waals surface area contributed by atoms with Crippen LogP contribution in [-0.4, -0.2) is 75.7 Å². The molecule has 0 bridgehead atoms. The van der Waals surface area contributed by atoms with Crippen molar-refractivity contribution in [3.05, 3.63) is 58.7 Å². The summed E-state index contributed by atoms with van der Waals surface area (Å²) in [6.45, 7) is 5.30. The second-order valence-electron chi connectivity index (χ2n) is 8.46. The van der Waals surface area contributed by atoms with E-state index < -0.39 is 0 Å². The molecular weight excluding hydrogens is 406 g/mol. The molecule has 0 saturated carbocycles. The van der Waals surface area contributed by atoms with Crippen molar-refractivity contribution < 1.29 is 19.1 Å². The van der Waals surface area contributed by atoms with Gasteiger partial charge in [0.2, 0.25) is 5.91 Å². The highest BCUT2D eigenvalue weighted by molar-refractivity contribution is 5.89. The number of hydrogen-bond donors (Lipinski definition) is 0. The van der Waals surface area contributed by atoms with Crippen LogP contribution >= 0.6 is 0 Å². The van der Waals surface area contributed by atoms with Crippen molar-refractivity contribution in [3.8, 4) is 5.75 Å². The van der Waals surface area contributed by atoms with Crippen molar-refractivity contribution in [2.24, 2.45) is 0 Å². The lowest BCUT2D eigenvalue weighted by molar-refractivity contribution is -0.131. The summed E-state index contributed by atoms with van der Waals surface area (Å²) in [6.07, 6.45) is 1.09. The largest absolute Gasteiger partial charge is 0.496 e. The first-order valence-electron chi connectivity index (χ1n) is 11.1. The van der Waals surface area contributed by atoms with E-state index in [4.69, 9.17) is 9.47 Å². The van der Waals surface area contributed by atoms with E-state index in [9.17, 15) is 9.59 Å². The average molecular weight is 438 g/mol. The number of anilines is 1. The molecule has 0 aliphatic carbocycles. The summed E-state index contributed by atoms with van der Waals surface area (Å²) >= 11 is 0. The van der Waals surface area contributed by atoms with Crippen LogP contribution in [0.15, 0.2) is 36.4 Å². The summed E-state index contributed by atoms with van der Waals surface area (Å²) in [5.74, 6) is 0.623. The van der Waals surface area contributed by atoms with Gasteiger partial charge in [0.25, 0.3) is 0 Å². The molecule has 2 aliphatic rings. The summed E-state index contributed by atoms with van der Waals surface area (Å²) in [7, 11) is 5.22. The van der Waals surface area contributed by atoms with Crippen LogP contribution in [0.4, 0.5) is 5.69 Å². The molecule has 0 unspecified atom stereocenters. The molecule has 0 aromatic heterocycles. The topological polar surface area (TPSA) is 62.3 Å². The van der Waals surface area contributed by atoms with Crippen molar-refractivity contribution in [2.45, 2.75) is 19.4 Å². The zero-order valence-corrected chi connectivity index (χ0v) is 19.1. The SMILES string of the molecule is COC(=O)c1ccc(CC(=O)N2CCc3c(OC)ccc(N4CCN(C)CC4)c3C2)cc1. The number of rotatable bonds is 5. The zero-order valence-electron chi connectivity index (χ0n) is 19.1. The van der Waals surface area contributed by atoms with Gasteiger partial charge in [-0.3, -0.25) is 4.79 Å². The Kier molecular flexibility index (Phi) is 6.65. The average Bonchev–Trinajstić information content (AvgIpc) is 2.83. The summed E-state index contributed by atoms with van der Waals surface area (Å²) in [6, 6.07) is 11.3. The van der Waals surface area contributed by atoms with Crippen LogP contribution in [0.3, 0.4) is 0 Å². The molecule has 32 heavy (non-hydrogen) atoms. The number of nitrogens with zero attached hydrogens (tertiary/aromatic N) is 3. The number of amides is 1. The number of carbonyl (C=O) groups is 2. The van der Waals surface area contributed by atoms with E-state index in [1.807, 2.05) is 17.0 Å². The fourth-order valence-corrected chi connectivity index (χ4v) is 4.54. The second-order valence-corrected chi connectivity index (χ2v) is 8.46. The molecule has 2 aliphatic heterocycles. The molecule has 2 aromatic carbocycles.